The minimum Gasteiger partial charge on any atom is -0.427 e. The highest BCUT2D eigenvalue weighted by molar-refractivity contribution is 5.97. The molecule has 0 saturated heterocycles. The number of hydrogen-bond donors (Lipinski definition) is 0. The predicted molar refractivity (Wildman–Crippen MR) is 202 cm³/mol. The van der Waals surface area contributed by atoms with E-state index in [-0.39, 0.29) is 0 Å². The van der Waals surface area contributed by atoms with Gasteiger partial charge in [0.05, 0.1) is 0 Å². The summed E-state index contributed by atoms with van der Waals surface area (Å²) in [5.74, 6) is 0. The Labute approximate surface area is 278 Å². The first-order valence-electron chi connectivity index (χ1n) is 20.7. The molecular formula is C41H86OSi. The van der Waals surface area contributed by atoms with Gasteiger partial charge in [-0.2, -0.15) is 0 Å². The molecule has 0 radical (unpaired) electrons. The van der Waals surface area contributed by atoms with E-state index in [9.17, 15) is 0 Å². The molecule has 0 aromatic carbocycles. The minimum atomic E-state index is 0.486. The van der Waals surface area contributed by atoms with E-state index < -0.39 is 0 Å². The highest BCUT2D eigenvalue weighted by Gasteiger charge is 2.28. The van der Waals surface area contributed by atoms with Gasteiger partial charge in [-0.25, -0.2) is 0 Å². The van der Waals surface area contributed by atoms with Gasteiger partial charge in [0.15, 0.2) is 0 Å². The monoisotopic (exact) mass is 623 g/mol. The maximum absolute atomic E-state index is 6.10. The zero-order chi connectivity index (χ0) is 31.4. The van der Waals surface area contributed by atoms with Crippen LogP contribution in [-0.4, -0.2) is 17.1 Å². The molecule has 0 fully saturated rings. The molecule has 0 aliphatic rings. The molecular weight excluding hydrogens is 537 g/mol. The van der Waals surface area contributed by atoms with Crippen molar-refractivity contribution in [3.05, 3.63) is 0 Å². The van der Waals surface area contributed by atoms with Crippen molar-refractivity contribution in [2.75, 3.05) is 6.61 Å². The quantitative estimate of drug-likeness (QED) is 0.0491. The van der Waals surface area contributed by atoms with Gasteiger partial charge in [0, 0.05) is 6.61 Å². The topological polar surface area (TPSA) is 9.23 Å². The molecule has 0 unspecified atom stereocenters. The van der Waals surface area contributed by atoms with Crippen LogP contribution in [0.25, 0.3) is 0 Å². The van der Waals surface area contributed by atoms with E-state index in [2.05, 4.69) is 20.8 Å². The van der Waals surface area contributed by atoms with Gasteiger partial charge in [-0.05, 0) is 24.7 Å². The smallest absolute Gasteiger partial charge is 0.145 e. The van der Waals surface area contributed by atoms with E-state index in [0.29, 0.717) is 5.41 Å². The Kier molecular flexibility index (Phi) is 36.8. The average Bonchev–Trinajstić information content (AvgIpc) is 3.01. The van der Waals surface area contributed by atoms with Crippen LogP contribution in [0.3, 0.4) is 0 Å². The maximum atomic E-state index is 6.10. The standard InChI is InChI=1S/C41H86OSi/c1-4-7-10-13-16-19-22-25-28-31-34-37-41(40-42-43,38-35-32-29-26-23-20-17-14-11-8-5-2)39-36-33-30-27-24-21-18-15-12-9-6-3/h4-40H2,1-3,43H3. The van der Waals surface area contributed by atoms with Gasteiger partial charge in [0.25, 0.3) is 0 Å². The van der Waals surface area contributed by atoms with Crippen LogP contribution in [0.1, 0.15) is 252 Å². The van der Waals surface area contributed by atoms with Crippen LogP contribution in [0.4, 0.5) is 0 Å². The van der Waals surface area contributed by atoms with Crippen LogP contribution >= 0.6 is 0 Å². The normalized spacial score (nSPS) is 12.1. The molecule has 0 saturated carbocycles. The zero-order valence-corrected chi connectivity index (χ0v) is 33.1. The van der Waals surface area contributed by atoms with Gasteiger partial charge in [0.1, 0.15) is 10.5 Å². The van der Waals surface area contributed by atoms with E-state index in [4.69, 9.17) is 4.43 Å². The lowest BCUT2D eigenvalue weighted by Gasteiger charge is -2.34. The van der Waals surface area contributed by atoms with Gasteiger partial charge in [-0.15, -0.1) is 0 Å². The summed E-state index contributed by atoms with van der Waals surface area (Å²) in [6.45, 7) is 8.02. The summed E-state index contributed by atoms with van der Waals surface area (Å²) < 4.78 is 6.10. The van der Waals surface area contributed by atoms with Crippen LogP contribution in [0.5, 0.6) is 0 Å². The largest absolute Gasteiger partial charge is 0.427 e. The van der Waals surface area contributed by atoms with E-state index in [1.807, 2.05) is 0 Å². The molecule has 0 spiro atoms. The number of hydrogen-bond acceptors (Lipinski definition) is 1. The Bertz CT molecular complexity index is 428. The second kappa shape index (κ2) is 36.6. The second-order valence-corrected chi connectivity index (χ2v) is 15.4. The SMILES string of the molecule is CCCCCCCCCCCCCC(CCCCCCCCCCCCC)(CCCCCCCCCCCCC)CO[SiH3]. The minimum absolute atomic E-state index is 0.486. The molecule has 0 aromatic heterocycles. The van der Waals surface area contributed by atoms with Crippen LogP contribution in [0, 0.1) is 5.41 Å². The molecule has 0 amide bonds. The van der Waals surface area contributed by atoms with Crippen LogP contribution in [0.15, 0.2) is 0 Å². The summed E-state index contributed by atoms with van der Waals surface area (Å²) in [6, 6.07) is 0. The Hall–Kier alpha value is 0.177. The molecule has 2 heteroatoms. The Morgan fingerprint density at radius 2 is 0.488 bits per heavy atom. The second-order valence-electron chi connectivity index (χ2n) is 14.8. The van der Waals surface area contributed by atoms with Crippen molar-refractivity contribution in [2.45, 2.75) is 252 Å². The van der Waals surface area contributed by atoms with E-state index in [0.717, 1.165) is 17.1 Å². The third kappa shape index (κ3) is 31.9. The number of unbranched alkanes of at least 4 members (excludes halogenated alkanes) is 30. The van der Waals surface area contributed by atoms with Crippen molar-refractivity contribution >= 4 is 10.5 Å². The fourth-order valence-corrected chi connectivity index (χ4v) is 8.00. The van der Waals surface area contributed by atoms with Crippen molar-refractivity contribution in [3.63, 3.8) is 0 Å². The molecule has 0 N–H and O–H groups in total. The predicted octanol–water partition coefficient (Wildman–Crippen LogP) is 14.4. The average molecular weight is 623 g/mol. The molecule has 0 aromatic rings. The summed E-state index contributed by atoms with van der Waals surface area (Å²) in [7, 11) is 0.904. The molecule has 0 rings (SSSR count). The molecule has 260 valence electrons. The van der Waals surface area contributed by atoms with Crippen LogP contribution in [-0.2, 0) is 4.43 Å². The molecule has 0 bridgehead atoms. The first-order chi connectivity index (χ1) is 21.2. The molecule has 0 aliphatic heterocycles. The Morgan fingerprint density at radius 3 is 0.674 bits per heavy atom. The summed E-state index contributed by atoms with van der Waals surface area (Å²) in [4.78, 5) is 0. The summed E-state index contributed by atoms with van der Waals surface area (Å²) in [5, 5.41) is 0. The zero-order valence-electron chi connectivity index (χ0n) is 31.1. The van der Waals surface area contributed by atoms with E-state index in [1.54, 1.807) is 0 Å². The van der Waals surface area contributed by atoms with Crippen molar-refractivity contribution < 1.29 is 4.43 Å². The van der Waals surface area contributed by atoms with Crippen LogP contribution in [0.2, 0.25) is 0 Å². The van der Waals surface area contributed by atoms with Crippen molar-refractivity contribution in [1.82, 2.24) is 0 Å². The summed E-state index contributed by atoms with van der Waals surface area (Å²) in [5.41, 5.74) is 0.486. The van der Waals surface area contributed by atoms with E-state index in [1.165, 1.54) is 231 Å². The molecule has 43 heavy (non-hydrogen) atoms. The molecule has 0 atom stereocenters. The highest BCUT2D eigenvalue weighted by Crippen LogP contribution is 2.38. The fraction of sp³-hybridized carbons (Fsp3) is 1.00. The molecule has 0 aliphatic carbocycles. The lowest BCUT2D eigenvalue weighted by Crippen LogP contribution is -2.27. The van der Waals surface area contributed by atoms with Gasteiger partial charge in [-0.3, -0.25) is 0 Å². The first-order valence-corrected chi connectivity index (χ1v) is 21.5. The lowest BCUT2D eigenvalue weighted by atomic mass is 9.74. The van der Waals surface area contributed by atoms with Gasteiger partial charge >= 0.3 is 0 Å². The third-order valence-electron chi connectivity index (χ3n) is 10.4. The van der Waals surface area contributed by atoms with Gasteiger partial charge < -0.3 is 4.43 Å². The highest BCUT2D eigenvalue weighted by atomic mass is 28.2. The lowest BCUT2D eigenvalue weighted by molar-refractivity contribution is 0.107. The maximum Gasteiger partial charge on any atom is 0.145 e. The fourth-order valence-electron chi connectivity index (χ4n) is 7.39. The van der Waals surface area contributed by atoms with Crippen molar-refractivity contribution in [1.29, 1.82) is 0 Å². The third-order valence-corrected chi connectivity index (χ3v) is 10.7. The number of rotatable bonds is 38. The van der Waals surface area contributed by atoms with Crippen molar-refractivity contribution in [2.24, 2.45) is 5.41 Å². The molecule has 0 heterocycles. The van der Waals surface area contributed by atoms with Gasteiger partial charge in [-0.1, -0.05) is 233 Å². The summed E-state index contributed by atoms with van der Waals surface area (Å²) >= 11 is 0. The van der Waals surface area contributed by atoms with E-state index >= 15 is 0 Å². The molecule has 1 nitrogen and oxygen atoms in total. The Morgan fingerprint density at radius 1 is 0.302 bits per heavy atom. The van der Waals surface area contributed by atoms with Crippen molar-refractivity contribution in [3.8, 4) is 0 Å². The van der Waals surface area contributed by atoms with Gasteiger partial charge in [0.2, 0.25) is 0 Å². The summed E-state index contributed by atoms with van der Waals surface area (Å²) in [6.07, 6.45) is 52.2. The first kappa shape index (κ1) is 43.2. The Balaban J connectivity index is 4.35. The van der Waals surface area contributed by atoms with Crippen LogP contribution < -0.4 is 0 Å².